The summed E-state index contributed by atoms with van der Waals surface area (Å²) < 4.78 is 35.7. The van der Waals surface area contributed by atoms with Crippen LogP contribution in [-0.4, -0.2) is 145 Å². The number of piperidine rings is 1. The topological polar surface area (TPSA) is 205 Å². The Balaban J connectivity index is 1.49. The number of aliphatic hydroxyl groups is 3. The van der Waals surface area contributed by atoms with Gasteiger partial charge in [-0.05, 0) is 106 Å². The smallest absolute Gasteiger partial charge is 0.329 e. The van der Waals surface area contributed by atoms with Crippen LogP contribution in [0.5, 0.6) is 0 Å². The Morgan fingerprint density at radius 3 is 2.27 bits per heavy atom. The highest BCUT2D eigenvalue weighted by Crippen LogP contribution is 2.44. The summed E-state index contributed by atoms with van der Waals surface area (Å²) in [4.78, 5) is 72.2. The molecule has 16 atom stereocenters. The summed E-state index contributed by atoms with van der Waals surface area (Å²) in [5, 5.41) is 32.9. The minimum absolute atomic E-state index is 0.0195. The zero-order chi connectivity index (χ0) is 49.2. The number of methoxy groups -OCH3 is 3. The van der Waals surface area contributed by atoms with Crippen molar-refractivity contribution in [2.75, 3.05) is 41.1 Å². The van der Waals surface area contributed by atoms with Gasteiger partial charge < -0.3 is 48.6 Å². The molecule has 376 valence electrons. The van der Waals surface area contributed by atoms with Crippen LogP contribution in [0.3, 0.4) is 0 Å². The number of aliphatic hydroxyl groups excluding tert-OH is 2. The largest absolute Gasteiger partial charge is 0.460 e. The molecule has 0 aromatic rings. The van der Waals surface area contributed by atoms with E-state index in [2.05, 4.69) is 0 Å². The molecule has 1 saturated carbocycles. The van der Waals surface area contributed by atoms with Crippen molar-refractivity contribution in [2.24, 2.45) is 41.4 Å². The van der Waals surface area contributed by atoms with Gasteiger partial charge in [0.05, 0.1) is 37.6 Å². The second kappa shape index (κ2) is 24.9. The van der Waals surface area contributed by atoms with Crippen LogP contribution < -0.4 is 0 Å². The molecule has 5 aliphatic rings. The number of ether oxygens (including phenoxy) is 6. The fourth-order valence-corrected chi connectivity index (χ4v) is 11.2. The summed E-state index contributed by atoms with van der Waals surface area (Å²) in [5.74, 6) is -7.96. The Hall–Kier alpha value is -3.41. The van der Waals surface area contributed by atoms with Crippen molar-refractivity contribution in [3.8, 4) is 0 Å². The highest BCUT2D eigenvalue weighted by Gasteiger charge is 2.55. The number of Topliss-reactive ketones (excluding diaryl/α,β-unsaturated/α-hetero) is 3. The highest BCUT2D eigenvalue weighted by atomic mass is 16.6. The first-order valence-electron chi connectivity index (χ1n) is 24.6. The number of allylic oxidation sites excluding steroid dienone is 6. The Bertz CT molecular complexity index is 1840. The van der Waals surface area contributed by atoms with Gasteiger partial charge in [-0.15, -0.1) is 0 Å². The quantitative estimate of drug-likeness (QED) is 0.158. The number of carbonyl (C=O) groups is 5. The van der Waals surface area contributed by atoms with Gasteiger partial charge >= 0.3 is 5.97 Å². The molecule has 5 rings (SSSR count). The van der Waals surface area contributed by atoms with E-state index in [0.717, 1.165) is 12.0 Å². The fourth-order valence-electron chi connectivity index (χ4n) is 11.2. The maximum absolute atomic E-state index is 14.4. The van der Waals surface area contributed by atoms with Crippen molar-refractivity contribution < 1.29 is 67.7 Å². The van der Waals surface area contributed by atoms with E-state index in [-0.39, 0.29) is 80.0 Å². The van der Waals surface area contributed by atoms with E-state index in [1.54, 1.807) is 41.1 Å². The summed E-state index contributed by atoms with van der Waals surface area (Å²) in [6.45, 7) is 11.0. The molecule has 0 spiro atoms. The molecule has 1 aliphatic carbocycles. The molecule has 1 unspecified atom stereocenters. The second-order valence-corrected chi connectivity index (χ2v) is 20.1. The molecular formula is C52H79NO14. The Morgan fingerprint density at radius 2 is 1.58 bits per heavy atom. The predicted molar refractivity (Wildman–Crippen MR) is 249 cm³/mol. The molecule has 4 fully saturated rings. The van der Waals surface area contributed by atoms with Gasteiger partial charge in [-0.1, -0.05) is 64.2 Å². The van der Waals surface area contributed by atoms with Crippen LogP contribution in [0.15, 0.2) is 47.6 Å². The number of amides is 1. The lowest BCUT2D eigenvalue weighted by atomic mass is 9.71. The standard InChI is InChI=1S/C52H79NO14/c1-30-13-11-10-12-14-31(2)43(62-7)28-38-17-15-35(6)52(61,67-38)49(58)50(59)53-20-19-37-27-40(53)51(60)66-44(39(37)25-36-16-18-42(65-22-21-54)45(26-36)63-8)29-41(55)32(3)24-34(5)47(57)48(64-9)46(56)33(4)23-30/h10-14,24,30,32-33,35-40,42-45,47-48,54,57,61H,15-23,25-29H2,1-9H3/b12-10+,13-11+,31-14+,34-24+/t30-,32-,33-,35-,36+,37?,38+,39+,40+,42-,43+,44+,45-,47-,48+,52-/m1/s1. The van der Waals surface area contributed by atoms with Crippen LogP contribution in [-0.2, 0) is 52.4 Å². The number of carbonyl (C=O) groups excluding carboxylic acids is 5. The molecule has 3 N–H and O–H groups in total. The molecule has 4 aliphatic heterocycles. The molecule has 0 aromatic heterocycles. The average Bonchev–Trinajstić information content (AvgIpc) is 3.40. The fraction of sp³-hybridized carbons (Fsp3) is 0.750. The number of rotatable bonds is 8. The molecular weight excluding hydrogens is 863 g/mol. The van der Waals surface area contributed by atoms with Crippen molar-refractivity contribution >= 4 is 29.2 Å². The Kier molecular flexibility index (Phi) is 20.3. The van der Waals surface area contributed by atoms with Gasteiger partial charge in [-0.25, -0.2) is 4.79 Å². The number of esters is 1. The van der Waals surface area contributed by atoms with Gasteiger partial charge in [0, 0.05) is 58.5 Å². The van der Waals surface area contributed by atoms with Crippen LogP contribution in [0, 0.1) is 41.4 Å². The third-order valence-electron chi connectivity index (χ3n) is 15.4. The zero-order valence-electron chi connectivity index (χ0n) is 41.3. The molecule has 0 aromatic carbocycles. The first-order chi connectivity index (χ1) is 31.9. The number of nitrogens with zero attached hydrogens (tertiary/aromatic N) is 1. The third kappa shape index (κ3) is 13.5. The SMILES string of the molecule is CO[C@H]1C[C@@H]2CC[C@@H](C)[C@@](O)(O2)C(=O)C(=O)N2CCC3C[C@H]2C(=O)O[C@@H](CC(=O)[C@H](C)/C=C(\C)[C@@H](O)[C@@H](OC)C(=O)[C@H](C)C[C@H](C)/C=C/C=C/C=C/1C)[C@H]3C[C@@H]1CC[C@@H](OCCO)[C@H](OC)C1. The van der Waals surface area contributed by atoms with Gasteiger partial charge in [0.2, 0.25) is 5.79 Å². The van der Waals surface area contributed by atoms with Gasteiger partial charge in [0.25, 0.3) is 11.7 Å². The van der Waals surface area contributed by atoms with Gasteiger partial charge in [0.15, 0.2) is 5.78 Å². The van der Waals surface area contributed by atoms with E-state index in [0.29, 0.717) is 56.9 Å². The molecule has 4 heterocycles. The lowest BCUT2D eigenvalue weighted by Crippen LogP contribution is -2.61. The van der Waals surface area contributed by atoms with Crippen molar-refractivity contribution in [3.63, 3.8) is 0 Å². The summed E-state index contributed by atoms with van der Waals surface area (Å²) in [6.07, 6.45) is 11.5. The first-order valence-corrected chi connectivity index (χ1v) is 24.6. The number of hydrogen-bond acceptors (Lipinski definition) is 14. The van der Waals surface area contributed by atoms with Crippen molar-refractivity contribution in [1.82, 2.24) is 4.90 Å². The molecule has 67 heavy (non-hydrogen) atoms. The summed E-state index contributed by atoms with van der Waals surface area (Å²) in [6, 6.07) is -1.13. The van der Waals surface area contributed by atoms with Gasteiger partial charge in [-0.2, -0.15) is 0 Å². The molecule has 3 saturated heterocycles. The van der Waals surface area contributed by atoms with Crippen LogP contribution >= 0.6 is 0 Å². The van der Waals surface area contributed by atoms with E-state index in [9.17, 15) is 39.3 Å². The number of ketones is 3. The van der Waals surface area contributed by atoms with Gasteiger partial charge in [0.1, 0.15) is 30.1 Å². The van der Waals surface area contributed by atoms with Crippen molar-refractivity contribution in [3.05, 3.63) is 47.6 Å². The van der Waals surface area contributed by atoms with Crippen molar-refractivity contribution in [1.29, 1.82) is 0 Å². The number of fused-ring (bicyclic) bond motifs is 5. The second-order valence-electron chi connectivity index (χ2n) is 20.1. The van der Waals surface area contributed by atoms with Crippen LogP contribution in [0.1, 0.15) is 112 Å². The third-order valence-corrected chi connectivity index (χ3v) is 15.4. The molecule has 0 radical (unpaired) electrons. The Labute approximate surface area is 397 Å². The maximum Gasteiger partial charge on any atom is 0.329 e. The molecule has 1 amide bonds. The molecule has 15 nitrogen and oxygen atoms in total. The van der Waals surface area contributed by atoms with Crippen LogP contribution in [0.25, 0.3) is 0 Å². The highest BCUT2D eigenvalue weighted by molar-refractivity contribution is 6.39. The van der Waals surface area contributed by atoms with Crippen molar-refractivity contribution in [2.45, 2.75) is 167 Å². The molecule has 15 heteroatoms. The van der Waals surface area contributed by atoms with E-state index >= 15 is 0 Å². The van der Waals surface area contributed by atoms with E-state index in [1.807, 2.05) is 51.2 Å². The number of hydrogen-bond donors (Lipinski definition) is 3. The monoisotopic (exact) mass is 942 g/mol. The van der Waals surface area contributed by atoms with Crippen LogP contribution in [0.2, 0.25) is 0 Å². The zero-order valence-corrected chi connectivity index (χ0v) is 41.3. The lowest BCUT2D eigenvalue weighted by Gasteiger charge is -2.43. The summed E-state index contributed by atoms with van der Waals surface area (Å²) in [5.41, 5.74) is 1.28. The first kappa shape index (κ1) is 54.5. The van der Waals surface area contributed by atoms with Gasteiger partial charge in [-0.3, -0.25) is 19.2 Å². The van der Waals surface area contributed by atoms with E-state index in [1.165, 1.54) is 12.0 Å². The minimum atomic E-state index is -2.43. The maximum atomic E-state index is 14.4. The summed E-state index contributed by atoms with van der Waals surface area (Å²) >= 11 is 0. The normalized spacial score (nSPS) is 41.8. The molecule has 5 bridgehead atoms. The summed E-state index contributed by atoms with van der Waals surface area (Å²) in [7, 11) is 4.60. The lowest BCUT2D eigenvalue weighted by molar-refractivity contribution is -0.265. The minimum Gasteiger partial charge on any atom is -0.460 e. The van der Waals surface area contributed by atoms with Crippen LogP contribution in [0.4, 0.5) is 0 Å². The van der Waals surface area contributed by atoms with E-state index < -0.39 is 77.8 Å². The predicted octanol–water partition coefficient (Wildman–Crippen LogP) is 5.42. The van der Waals surface area contributed by atoms with E-state index in [4.69, 9.17) is 28.4 Å². The Morgan fingerprint density at radius 1 is 0.836 bits per heavy atom. The average molecular weight is 942 g/mol.